The summed E-state index contributed by atoms with van der Waals surface area (Å²) in [6.07, 6.45) is 1.90. The third-order valence-corrected chi connectivity index (χ3v) is 4.77. The number of benzene rings is 2. The minimum absolute atomic E-state index is 0.0393. The van der Waals surface area contributed by atoms with Gasteiger partial charge in [-0.05, 0) is 34.4 Å². The molecule has 0 radical (unpaired) electrons. The smallest absolute Gasteiger partial charge is 0.251 e. The quantitative estimate of drug-likeness (QED) is 0.561. The zero-order valence-corrected chi connectivity index (χ0v) is 15.7. The van der Waals surface area contributed by atoms with Crippen LogP contribution in [0.15, 0.2) is 71.5 Å². The van der Waals surface area contributed by atoms with Gasteiger partial charge in [0.15, 0.2) is 0 Å². The van der Waals surface area contributed by atoms with E-state index in [2.05, 4.69) is 51.8 Å². The van der Waals surface area contributed by atoms with E-state index in [1.54, 1.807) is 6.07 Å². The van der Waals surface area contributed by atoms with E-state index in [9.17, 15) is 4.79 Å². The van der Waals surface area contributed by atoms with Crippen LogP contribution in [0.5, 0.6) is 0 Å². The Morgan fingerprint density at radius 3 is 2.43 bits per heavy atom. The van der Waals surface area contributed by atoms with Crippen LogP contribution in [0.25, 0.3) is 22.5 Å². The molecule has 0 spiro atoms. The number of pyridine rings is 1. The van der Waals surface area contributed by atoms with Crippen LogP contribution in [0.3, 0.4) is 0 Å². The molecule has 0 unspecified atom stereocenters. The number of hydrogen-bond acceptors (Lipinski definition) is 4. The van der Waals surface area contributed by atoms with Gasteiger partial charge in [0.25, 0.3) is 5.56 Å². The lowest BCUT2D eigenvalue weighted by Gasteiger charge is -2.13. The molecule has 0 amide bonds. The van der Waals surface area contributed by atoms with Crippen molar-refractivity contribution in [1.29, 1.82) is 0 Å². The first-order valence-corrected chi connectivity index (χ1v) is 9.37. The van der Waals surface area contributed by atoms with E-state index in [-0.39, 0.29) is 5.56 Å². The molecule has 4 rings (SSSR count). The van der Waals surface area contributed by atoms with Gasteiger partial charge in [-0.25, -0.2) is 0 Å². The van der Waals surface area contributed by atoms with Crippen molar-refractivity contribution in [3.8, 4) is 22.5 Å². The van der Waals surface area contributed by atoms with Crippen LogP contribution in [-0.2, 0) is 13.0 Å². The van der Waals surface area contributed by atoms with Gasteiger partial charge in [0, 0.05) is 17.3 Å². The zero-order valence-electron chi connectivity index (χ0n) is 15.7. The second-order valence-electron chi connectivity index (χ2n) is 6.67. The van der Waals surface area contributed by atoms with Gasteiger partial charge in [-0.2, -0.15) is 5.21 Å². The fourth-order valence-corrected chi connectivity index (χ4v) is 3.39. The van der Waals surface area contributed by atoms with Crippen molar-refractivity contribution in [1.82, 2.24) is 25.2 Å². The number of rotatable bonds is 6. The van der Waals surface area contributed by atoms with Crippen LogP contribution in [0.1, 0.15) is 24.6 Å². The van der Waals surface area contributed by atoms with Gasteiger partial charge in [-0.1, -0.05) is 67.9 Å². The van der Waals surface area contributed by atoms with E-state index in [0.29, 0.717) is 12.4 Å². The van der Waals surface area contributed by atoms with Gasteiger partial charge in [0.05, 0.1) is 6.54 Å². The highest BCUT2D eigenvalue weighted by atomic mass is 16.1. The Morgan fingerprint density at radius 1 is 0.929 bits per heavy atom. The Balaban J connectivity index is 1.64. The molecule has 0 aliphatic rings. The number of hydrogen-bond donors (Lipinski definition) is 1. The first-order chi connectivity index (χ1) is 13.8. The monoisotopic (exact) mass is 371 g/mol. The molecule has 0 saturated carbocycles. The van der Waals surface area contributed by atoms with Crippen LogP contribution >= 0.6 is 0 Å². The van der Waals surface area contributed by atoms with E-state index in [1.165, 1.54) is 0 Å². The fourth-order valence-electron chi connectivity index (χ4n) is 3.39. The van der Waals surface area contributed by atoms with Crippen molar-refractivity contribution in [3.05, 3.63) is 88.3 Å². The molecule has 2 aromatic heterocycles. The second-order valence-corrected chi connectivity index (χ2v) is 6.67. The molecule has 0 bridgehead atoms. The fraction of sp³-hybridized carbons (Fsp3) is 0.182. The molecule has 0 saturated heterocycles. The minimum atomic E-state index is 0.0393. The van der Waals surface area contributed by atoms with Crippen molar-refractivity contribution < 1.29 is 0 Å². The topological polar surface area (TPSA) is 76.5 Å². The predicted octanol–water partition coefficient (Wildman–Crippen LogP) is 3.70. The summed E-state index contributed by atoms with van der Waals surface area (Å²) in [5.41, 5.74) is 5.23. The molecule has 0 aliphatic carbocycles. The molecule has 2 heterocycles. The maximum absolute atomic E-state index is 12.3. The number of nitrogens with one attached hydrogen (secondary N) is 1. The highest BCUT2D eigenvalue weighted by Crippen LogP contribution is 2.29. The van der Waals surface area contributed by atoms with Gasteiger partial charge in [-0.3, -0.25) is 4.79 Å². The van der Waals surface area contributed by atoms with Crippen LogP contribution in [-0.4, -0.2) is 25.2 Å². The minimum Gasteiger partial charge on any atom is -0.308 e. The number of tetrazole rings is 1. The Hall–Kier alpha value is -3.54. The van der Waals surface area contributed by atoms with Gasteiger partial charge >= 0.3 is 0 Å². The summed E-state index contributed by atoms with van der Waals surface area (Å²) >= 11 is 0. The highest BCUT2D eigenvalue weighted by molar-refractivity contribution is 5.80. The first-order valence-electron chi connectivity index (χ1n) is 9.37. The lowest BCUT2D eigenvalue weighted by Crippen LogP contribution is -2.22. The summed E-state index contributed by atoms with van der Waals surface area (Å²) in [6.45, 7) is 2.69. The van der Waals surface area contributed by atoms with Crippen molar-refractivity contribution in [2.24, 2.45) is 0 Å². The Bertz CT molecular complexity index is 1110. The molecule has 140 valence electrons. The van der Waals surface area contributed by atoms with E-state index in [4.69, 9.17) is 0 Å². The summed E-state index contributed by atoms with van der Waals surface area (Å²) in [5, 5.41) is 14.4. The van der Waals surface area contributed by atoms with Crippen LogP contribution < -0.4 is 5.56 Å². The summed E-state index contributed by atoms with van der Waals surface area (Å²) in [4.78, 5) is 12.3. The van der Waals surface area contributed by atoms with Crippen molar-refractivity contribution >= 4 is 0 Å². The van der Waals surface area contributed by atoms with Crippen molar-refractivity contribution in [3.63, 3.8) is 0 Å². The Kier molecular flexibility index (Phi) is 5.10. The largest absolute Gasteiger partial charge is 0.308 e. The molecular weight excluding hydrogens is 350 g/mol. The Morgan fingerprint density at radius 2 is 1.71 bits per heavy atom. The number of aromatic nitrogens is 5. The molecule has 6 heteroatoms. The van der Waals surface area contributed by atoms with Gasteiger partial charge in [0.1, 0.15) is 0 Å². The third-order valence-electron chi connectivity index (χ3n) is 4.77. The number of H-pyrrole nitrogens is 1. The number of aryl methyl sites for hydroxylation is 1. The molecule has 0 fully saturated rings. The van der Waals surface area contributed by atoms with Crippen LogP contribution in [0.2, 0.25) is 0 Å². The van der Waals surface area contributed by atoms with Crippen LogP contribution in [0.4, 0.5) is 0 Å². The summed E-state index contributed by atoms with van der Waals surface area (Å²) < 4.78 is 1.85. The molecule has 1 N–H and O–H groups in total. The molecule has 0 aliphatic heterocycles. The summed E-state index contributed by atoms with van der Waals surface area (Å²) in [6, 6.07) is 21.7. The second kappa shape index (κ2) is 8.00. The third kappa shape index (κ3) is 3.62. The van der Waals surface area contributed by atoms with Gasteiger partial charge in [0.2, 0.25) is 5.82 Å². The van der Waals surface area contributed by atoms with E-state index in [0.717, 1.165) is 40.8 Å². The maximum atomic E-state index is 12.3. The highest BCUT2D eigenvalue weighted by Gasteiger charge is 2.11. The summed E-state index contributed by atoms with van der Waals surface area (Å²) in [7, 11) is 0. The normalized spacial score (nSPS) is 10.9. The van der Waals surface area contributed by atoms with Crippen molar-refractivity contribution in [2.75, 3.05) is 0 Å². The lowest BCUT2D eigenvalue weighted by atomic mass is 9.98. The Labute approximate surface area is 162 Å². The van der Waals surface area contributed by atoms with Crippen LogP contribution in [0, 0.1) is 0 Å². The predicted molar refractivity (Wildman–Crippen MR) is 109 cm³/mol. The number of nitrogens with zero attached hydrogens (tertiary/aromatic N) is 4. The van der Waals surface area contributed by atoms with Gasteiger partial charge in [-0.15, -0.1) is 10.2 Å². The zero-order chi connectivity index (χ0) is 19.3. The average molecular weight is 371 g/mol. The molecular formula is C22H21N5O. The van der Waals surface area contributed by atoms with Gasteiger partial charge < -0.3 is 4.57 Å². The molecule has 2 aromatic carbocycles. The standard InChI is InChI=1S/C22H21N5O/c1-2-6-18-7-5-10-21(28)27(18)15-16-11-13-17(14-12-16)19-8-3-4-9-20(19)22-23-25-26-24-22/h3-5,7-14H,2,6,15H2,1H3,(H,23,24,25,26). The van der Waals surface area contributed by atoms with E-state index >= 15 is 0 Å². The SMILES string of the molecule is CCCc1cccc(=O)n1Cc1ccc(-c2ccccc2-c2nn[nH]n2)cc1. The maximum Gasteiger partial charge on any atom is 0.251 e. The lowest BCUT2D eigenvalue weighted by molar-refractivity contribution is 0.687. The van der Waals surface area contributed by atoms with E-state index in [1.807, 2.05) is 41.0 Å². The molecule has 0 atom stereocenters. The average Bonchev–Trinajstić information content (AvgIpc) is 3.26. The van der Waals surface area contributed by atoms with Crippen molar-refractivity contribution in [2.45, 2.75) is 26.3 Å². The summed E-state index contributed by atoms with van der Waals surface area (Å²) in [5.74, 6) is 0.569. The van der Waals surface area contributed by atoms with E-state index < -0.39 is 0 Å². The molecule has 4 aromatic rings. The molecule has 28 heavy (non-hydrogen) atoms. The molecule has 6 nitrogen and oxygen atoms in total. The number of aromatic amines is 1. The first kappa shape index (κ1) is 17.9.